The fourth-order valence-corrected chi connectivity index (χ4v) is 4.81. The second-order valence-electron chi connectivity index (χ2n) is 9.35. The van der Waals surface area contributed by atoms with Crippen molar-refractivity contribution < 1.29 is 29.4 Å². The third-order valence-corrected chi connectivity index (χ3v) is 6.75. The molecule has 0 saturated carbocycles. The number of phenolic OH excluding ortho intramolecular Hbond substituents is 1. The lowest BCUT2D eigenvalue weighted by Gasteiger charge is -2.29. The van der Waals surface area contributed by atoms with Crippen LogP contribution in [0.3, 0.4) is 0 Å². The van der Waals surface area contributed by atoms with Crippen molar-refractivity contribution in [2.24, 2.45) is 5.73 Å². The smallest absolute Gasteiger partial charge is 0.326 e. The third kappa shape index (κ3) is 6.12. The van der Waals surface area contributed by atoms with Gasteiger partial charge in [0.2, 0.25) is 17.7 Å². The number of H-pyrrole nitrogens is 1. The normalized spacial score (nSPS) is 16.7. The van der Waals surface area contributed by atoms with Gasteiger partial charge in [-0.2, -0.15) is 0 Å². The molecule has 4 rings (SSSR count). The topological polar surface area (TPSA) is 178 Å². The number of benzene rings is 2. The SMILES string of the molecule is NCC(=O)NC(Cc1ccc(O)cc1)C(=O)N1CCCC1C(=O)NC(Cc1c[nH]c2ccccc12)C(=O)O. The van der Waals surface area contributed by atoms with Crippen LogP contribution >= 0.6 is 0 Å². The van der Waals surface area contributed by atoms with Crippen LogP contribution in [0, 0.1) is 0 Å². The summed E-state index contributed by atoms with van der Waals surface area (Å²) in [4.78, 5) is 55.4. The lowest BCUT2D eigenvalue weighted by Crippen LogP contribution is -2.56. The predicted molar refractivity (Wildman–Crippen MR) is 139 cm³/mol. The van der Waals surface area contributed by atoms with Crippen molar-refractivity contribution >= 4 is 34.6 Å². The van der Waals surface area contributed by atoms with Gasteiger partial charge in [-0.15, -0.1) is 0 Å². The van der Waals surface area contributed by atoms with Crippen LogP contribution in [0.2, 0.25) is 0 Å². The first-order valence-corrected chi connectivity index (χ1v) is 12.4. The number of nitrogens with two attached hydrogens (primary N) is 1. The Bertz CT molecular complexity index is 1320. The van der Waals surface area contributed by atoms with Crippen molar-refractivity contribution in [1.82, 2.24) is 20.5 Å². The Hall–Kier alpha value is -4.38. The van der Waals surface area contributed by atoms with E-state index >= 15 is 0 Å². The number of phenols is 1. The second-order valence-corrected chi connectivity index (χ2v) is 9.35. The number of aromatic nitrogens is 1. The van der Waals surface area contributed by atoms with E-state index in [1.807, 2.05) is 24.3 Å². The predicted octanol–water partition coefficient (Wildman–Crippen LogP) is 0.663. The maximum absolute atomic E-state index is 13.5. The number of hydrogen-bond acceptors (Lipinski definition) is 6. The second kappa shape index (κ2) is 11.8. The molecule has 1 aromatic heterocycles. The van der Waals surface area contributed by atoms with E-state index in [0.29, 0.717) is 24.9 Å². The highest BCUT2D eigenvalue weighted by molar-refractivity contribution is 5.94. The molecule has 1 saturated heterocycles. The van der Waals surface area contributed by atoms with Gasteiger partial charge in [0.1, 0.15) is 23.9 Å². The number of para-hydroxylation sites is 1. The first-order chi connectivity index (χ1) is 18.3. The number of aromatic amines is 1. The van der Waals surface area contributed by atoms with Crippen molar-refractivity contribution in [3.8, 4) is 5.75 Å². The van der Waals surface area contributed by atoms with Crippen molar-refractivity contribution in [1.29, 1.82) is 0 Å². The molecule has 3 unspecified atom stereocenters. The number of carbonyl (C=O) groups excluding carboxylic acids is 3. The fourth-order valence-electron chi connectivity index (χ4n) is 4.81. The van der Waals surface area contributed by atoms with Gasteiger partial charge in [0, 0.05) is 36.5 Å². The molecule has 7 N–H and O–H groups in total. The number of nitrogens with one attached hydrogen (secondary N) is 3. The number of likely N-dealkylation sites (tertiary alicyclic amines) is 1. The number of carboxylic acids is 1. The van der Waals surface area contributed by atoms with Crippen LogP contribution in [0.5, 0.6) is 5.75 Å². The molecule has 11 heteroatoms. The Labute approximate surface area is 219 Å². The third-order valence-electron chi connectivity index (χ3n) is 6.75. The monoisotopic (exact) mass is 521 g/mol. The van der Waals surface area contributed by atoms with Crippen LogP contribution in [-0.4, -0.2) is 75.0 Å². The lowest BCUT2D eigenvalue weighted by atomic mass is 10.0. The van der Waals surface area contributed by atoms with Gasteiger partial charge in [0.25, 0.3) is 0 Å². The molecular weight excluding hydrogens is 490 g/mol. The number of aliphatic carboxylic acids is 1. The highest BCUT2D eigenvalue weighted by atomic mass is 16.4. The van der Waals surface area contributed by atoms with Gasteiger partial charge in [0.15, 0.2) is 0 Å². The first-order valence-electron chi connectivity index (χ1n) is 12.4. The molecule has 11 nitrogen and oxygen atoms in total. The summed E-state index contributed by atoms with van der Waals surface area (Å²) in [5.74, 6) is -2.65. The molecule has 1 aliphatic heterocycles. The van der Waals surface area contributed by atoms with Crippen molar-refractivity contribution in [2.45, 2.75) is 43.8 Å². The minimum Gasteiger partial charge on any atom is -0.508 e. The molecule has 1 aliphatic rings. The van der Waals surface area contributed by atoms with Gasteiger partial charge in [-0.1, -0.05) is 30.3 Å². The molecule has 38 heavy (non-hydrogen) atoms. The van der Waals surface area contributed by atoms with E-state index in [-0.39, 0.29) is 25.1 Å². The summed E-state index contributed by atoms with van der Waals surface area (Å²) < 4.78 is 0. The van der Waals surface area contributed by atoms with Gasteiger partial charge < -0.3 is 36.5 Å². The van der Waals surface area contributed by atoms with Crippen molar-refractivity contribution in [3.05, 3.63) is 65.9 Å². The molecule has 1 fully saturated rings. The van der Waals surface area contributed by atoms with E-state index in [0.717, 1.165) is 16.5 Å². The van der Waals surface area contributed by atoms with Crippen LogP contribution in [0.4, 0.5) is 0 Å². The number of amides is 3. The maximum atomic E-state index is 13.5. The Morgan fingerprint density at radius 2 is 1.76 bits per heavy atom. The van der Waals surface area contributed by atoms with Gasteiger partial charge in [-0.3, -0.25) is 14.4 Å². The summed E-state index contributed by atoms with van der Waals surface area (Å²) in [7, 11) is 0. The summed E-state index contributed by atoms with van der Waals surface area (Å²) in [6, 6.07) is 10.7. The molecule has 2 heterocycles. The van der Waals surface area contributed by atoms with Crippen molar-refractivity contribution in [2.75, 3.05) is 13.1 Å². The van der Waals surface area contributed by atoms with E-state index in [1.54, 1.807) is 18.3 Å². The quantitative estimate of drug-likeness (QED) is 0.227. The Morgan fingerprint density at radius 1 is 1.03 bits per heavy atom. The van der Waals surface area contributed by atoms with Crippen LogP contribution < -0.4 is 16.4 Å². The number of hydrogen-bond donors (Lipinski definition) is 6. The molecule has 0 radical (unpaired) electrons. The summed E-state index contributed by atoms with van der Waals surface area (Å²) >= 11 is 0. The van der Waals surface area contributed by atoms with Crippen LogP contribution in [-0.2, 0) is 32.0 Å². The average Bonchev–Trinajstić information content (AvgIpc) is 3.56. The van der Waals surface area contributed by atoms with Crippen LogP contribution in [0.15, 0.2) is 54.7 Å². The summed E-state index contributed by atoms with van der Waals surface area (Å²) in [5.41, 5.74) is 7.76. The largest absolute Gasteiger partial charge is 0.508 e. The molecular formula is C27H31N5O6. The lowest BCUT2D eigenvalue weighted by molar-refractivity contribution is -0.144. The van der Waals surface area contributed by atoms with Crippen molar-refractivity contribution in [3.63, 3.8) is 0 Å². The number of fused-ring (bicyclic) bond motifs is 1. The molecule has 2 aromatic carbocycles. The fraction of sp³-hybridized carbons (Fsp3) is 0.333. The summed E-state index contributed by atoms with van der Waals surface area (Å²) in [6.07, 6.45) is 2.86. The molecule has 3 amide bonds. The van der Waals surface area contributed by atoms with E-state index in [4.69, 9.17) is 5.73 Å². The van der Waals surface area contributed by atoms with Gasteiger partial charge in [-0.05, 0) is 42.2 Å². The van der Waals surface area contributed by atoms with Gasteiger partial charge >= 0.3 is 5.97 Å². The first kappa shape index (κ1) is 26.7. The number of nitrogens with zero attached hydrogens (tertiary/aromatic N) is 1. The summed E-state index contributed by atoms with van der Waals surface area (Å²) in [6.45, 7) is -0.0148. The Morgan fingerprint density at radius 3 is 2.47 bits per heavy atom. The van der Waals surface area contributed by atoms with Gasteiger partial charge in [0.05, 0.1) is 6.54 Å². The molecule has 200 valence electrons. The Balaban J connectivity index is 1.48. The highest BCUT2D eigenvalue weighted by Crippen LogP contribution is 2.22. The molecule has 0 spiro atoms. The van der Waals surface area contributed by atoms with E-state index < -0.39 is 41.8 Å². The number of aromatic hydroxyl groups is 1. The standard InChI is InChI=1S/C27H31N5O6/c28-14-24(34)30-21(12-16-7-9-18(33)10-8-16)26(36)32-11-3-6-23(32)25(35)31-22(27(37)38)13-17-15-29-20-5-2-1-4-19(17)20/h1-2,4-5,7-10,15,21-23,29,33H,3,6,11-14,28H2,(H,30,34)(H,31,35)(H,37,38). The molecule has 3 atom stereocenters. The Kier molecular flexibility index (Phi) is 8.27. The number of carboxylic acid groups (broad SMARTS) is 1. The zero-order chi connectivity index (χ0) is 27.2. The van der Waals surface area contributed by atoms with Gasteiger partial charge in [-0.25, -0.2) is 4.79 Å². The number of carbonyl (C=O) groups is 4. The number of rotatable bonds is 10. The minimum absolute atomic E-state index is 0.0690. The summed E-state index contributed by atoms with van der Waals surface area (Å²) in [5, 5.41) is 25.5. The zero-order valence-electron chi connectivity index (χ0n) is 20.7. The minimum atomic E-state index is -1.19. The average molecular weight is 522 g/mol. The highest BCUT2D eigenvalue weighted by Gasteiger charge is 2.39. The maximum Gasteiger partial charge on any atom is 0.326 e. The van der Waals surface area contributed by atoms with E-state index in [2.05, 4.69) is 15.6 Å². The molecule has 0 aliphatic carbocycles. The van der Waals surface area contributed by atoms with E-state index in [9.17, 15) is 29.4 Å². The molecule has 0 bridgehead atoms. The zero-order valence-corrected chi connectivity index (χ0v) is 20.7. The van der Waals surface area contributed by atoms with E-state index in [1.165, 1.54) is 17.0 Å². The van der Waals surface area contributed by atoms with Crippen LogP contribution in [0.25, 0.3) is 10.9 Å². The molecule has 3 aromatic rings. The van der Waals surface area contributed by atoms with Crippen LogP contribution in [0.1, 0.15) is 24.0 Å².